The monoisotopic (exact) mass is 342 g/mol. The Bertz CT molecular complexity index is 717. The van der Waals surface area contributed by atoms with Crippen molar-refractivity contribution in [1.82, 2.24) is 0 Å². The maximum absolute atomic E-state index is 12.6. The molecule has 0 bridgehead atoms. The van der Waals surface area contributed by atoms with Gasteiger partial charge in [0, 0.05) is 11.8 Å². The van der Waals surface area contributed by atoms with Crippen molar-refractivity contribution in [3.63, 3.8) is 0 Å². The summed E-state index contributed by atoms with van der Waals surface area (Å²) in [5.41, 5.74) is 1.12. The Morgan fingerprint density at radius 3 is 2.68 bits per heavy atom. The van der Waals surface area contributed by atoms with E-state index >= 15 is 0 Å². The van der Waals surface area contributed by atoms with E-state index in [1.807, 2.05) is 6.92 Å². The van der Waals surface area contributed by atoms with Crippen molar-refractivity contribution in [2.75, 3.05) is 0 Å². The van der Waals surface area contributed by atoms with Gasteiger partial charge in [-0.15, -0.1) is 0 Å². The summed E-state index contributed by atoms with van der Waals surface area (Å²) in [7, 11) is 0. The van der Waals surface area contributed by atoms with Crippen LogP contribution in [0, 0.1) is 34.5 Å². The lowest BCUT2D eigenvalue weighted by atomic mass is 9.47. The SMILES string of the molecule is C[C@]12CC[C@H]3[C@@H](CCC4=CCC=C[C@@]43C)[C@@H]1CC(=O)[C@@H]2C(=O)C(=O)O. The third-order valence-electron chi connectivity index (χ3n) is 7.92. The van der Waals surface area contributed by atoms with Gasteiger partial charge in [0.05, 0.1) is 5.92 Å². The molecule has 0 radical (unpaired) electrons. The molecule has 3 fully saturated rings. The second kappa shape index (κ2) is 5.39. The van der Waals surface area contributed by atoms with Crippen molar-refractivity contribution in [2.45, 2.75) is 52.4 Å². The fraction of sp³-hybridized carbons (Fsp3) is 0.667. The molecule has 0 amide bonds. The zero-order chi connectivity index (χ0) is 18.0. The predicted octanol–water partition coefficient (Wildman–Crippen LogP) is 3.56. The molecule has 0 saturated heterocycles. The van der Waals surface area contributed by atoms with Gasteiger partial charge in [0.1, 0.15) is 5.78 Å². The van der Waals surface area contributed by atoms with Crippen LogP contribution >= 0.6 is 0 Å². The molecular formula is C21H26O4. The fourth-order valence-corrected chi connectivity index (χ4v) is 6.70. The van der Waals surface area contributed by atoms with Crippen molar-refractivity contribution in [2.24, 2.45) is 34.5 Å². The lowest BCUT2D eigenvalue weighted by Crippen LogP contribution is -2.50. The minimum absolute atomic E-state index is 0.0699. The minimum atomic E-state index is -1.46. The van der Waals surface area contributed by atoms with E-state index in [9.17, 15) is 19.5 Å². The third kappa shape index (κ3) is 2.15. The highest BCUT2D eigenvalue weighted by molar-refractivity contribution is 6.38. The summed E-state index contributed by atoms with van der Waals surface area (Å²) in [5, 5.41) is 9.17. The Labute approximate surface area is 148 Å². The fourth-order valence-electron chi connectivity index (χ4n) is 6.70. The molecule has 0 aromatic carbocycles. The van der Waals surface area contributed by atoms with E-state index in [1.54, 1.807) is 0 Å². The molecule has 0 aromatic rings. The van der Waals surface area contributed by atoms with Crippen molar-refractivity contribution in [3.05, 3.63) is 23.8 Å². The highest BCUT2D eigenvalue weighted by Crippen LogP contribution is 2.65. The van der Waals surface area contributed by atoms with E-state index in [4.69, 9.17) is 0 Å². The lowest BCUT2D eigenvalue weighted by molar-refractivity contribution is -0.155. The van der Waals surface area contributed by atoms with Crippen molar-refractivity contribution in [1.29, 1.82) is 0 Å². The maximum Gasteiger partial charge on any atom is 0.372 e. The summed E-state index contributed by atoms with van der Waals surface area (Å²) < 4.78 is 0. The van der Waals surface area contributed by atoms with E-state index in [0.717, 1.165) is 32.1 Å². The number of aliphatic carboxylic acids is 1. The lowest BCUT2D eigenvalue weighted by Gasteiger charge is -2.56. The standard InChI is InChI=1S/C21H26O4/c1-20-9-4-3-5-12(20)6-7-13-14(20)8-10-21(2)15(13)11-16(22)17(21)18(23)19(24)25/h4-5,9,13-15,17H,3,6-8,10-11H2,1-2H3,(H,24,25)/t13-,14+,15+,17-,20+,21+/m1/s1. The first kappa shape index (κ1) is 16.7. The second-order valence-electron chi connectivity index (χ2n) is 8.88. The first-order valence-corrected chi connectivity index (χ1v) is 9.46. The van der Waals surface area contributed by atoms with E-state index in [1.165, 1.54) is 5.57 Å². The summed E-state index contributed by atoms with van der Waals surface area (Å²) in [6, 6.07) is 0. The van der Waals surface area contributed by atoms with Crippen LogP contribution in [0.5, 0.6) is 0 Å². The van der Waals surface area contributed by atoms with Crippen LogP contribution in [0.4, 0.5) is 0 Å². The van der Waals surface area contributed by atoms with Crippen molar-refractivity contribution >= 4 is 17.5 Å². The van der Waals surface area contributed by atoms with Gasteiger partial charge >= 0.3 is 5.97 Å². The van der Waals surface area contributed by atoms with Crippen molar-refractivity contribution < 1.29 is 19.5 Å². The highest BCUT2D eigenvalue weighted by Gasteiger charge is 2.63. The van der Waals surface area contributed by atoms with Gasteiger partial charge in [-0.05, 0) is 55.3 Å². The number of carbonyl (C=O) groups is 3. The number of fused-ring (bicyclic) bond motifs is 5. The predicted molar refractivity (Wildman–Crippen MR) is 92.7 cm³/mol. The summed E-state index contributed by atoms with van der Waals surface area (Å²) in [4.78, 5) is 36.1. The average Bonchev–Trinajstić information content (AvgIpc) is 2.83. The average molecular weight is 342 g/mol. The molecule has 1 N–H and O–H groups in total. The van der Waals surface area contributed by atoms with Crippen LogP contribution in [0.3, 0.4) is 0 Å². The first-order valence-electron chi connectivity index (χ1n) is 9.46. The molecule has 6 atom stereocenters. The number of carboxylic acid groups (broad SMARTS) is 1. The quantitative estimate of drug-likeness (QED) is 0.473. The van der Waals surface area contributed by atoms with Crippen LogP contribution in [-0.4, -0.2) is 22.6 Å². The normalized spacial score (nSPS) is 45.2. The third-order valence-corrected chi connectivity index (χ3v) is 7.92. The Kier molecular flexibility index (Phi) is 3.61. The van der Waals surface area contributed by atoms with E-state index in [0.29, 0.717) is 18.3 Å². The number of carbonyl (C=O) groups excluding carboxylic acids is 2. The Hall–Kier alpha value is -1.71. The van der Waals surface area contributed by atoms with E-state index in [2.05, 4.69) is 25.2 Å². The van der Waals surface area contributed by atoms with Crippen LogP contribution in [0.15, 0.2) is 23.8 Å². The zero-order valence-electron chi connectivity index (χ0n) is 15.0. The Morgan fingerprint density at radius 2 is 1.96 bits per heavy atom. The molecular weight excluding hydrogens is 316 g/mol. The van der Waals surface area contributed by atoms with Gasteiger partial charge in [-0.1, -0.05) is 37.6 Å². The summed E-state index contributed by atoms with van der Waals surface area (Å²) in [6.07, 6.45) is 12.2. The maximum atomic E-state index is 12.6. The van der Waals surface area contributed by atoms with Gasteiger partial charge in [-0.2, -0.15) is 0 Å². The molecule has 0 spiro atoms. The number of hydrogen-bond acceptors (Lipinski definition) is 3. The molecule has 0 aromatic heterocycles. The van der Waals surface area contributed by atoms with Crippen LogP contribution < -0.4 is 0 Å². The topological polar surface area (TPSA) is 71.4 Å². The van der Waals surface area contributed by atoms with Gasteiger partial charge < -0.3 is 5.11 Å². The summed E-state index contributed by atoms with van der Waals surface area (Å²) in [5.74, 6) is -2.41. The van der Waals surface area contributed by atoms with Crippen LogP contribution in [0.2, 0.25) is 0 Å². The van der Waals surface area contributed by atoms with Gasteiger partial charge in [0.15, 0.2) is 0 Å². The number of ketones is 2. The smallest absolute Gasteiger partial charge is 0.372 e. The van der Waals surface area contributed by atoms with Crippen molar-refractivity contribution in [3.8, 4) is 0 Å². The summed E-state index contributed by atoms with van der Waals surface area (Å²) in [6.45, 7) is 4.32. The molecule has 0 heterocycles. The Balaban J connectivity index is 1.70. The molecule has 0 aliphatic heterocycles. The second-order valence-corrected chi connectivity index (χ2v) is 8.88. The highest BCUT2D eigenvalue weighted by atomic mass is 16.4. The molecule has 134 valence electrons. The number of hydrogen-bond donors (Lipinski definition) is 1. The minimum Gasteiger partial charge on any atom is -0.475 e. The van der Waals surface area contributed by atoms with Gasteiger partial charge in [-0.25, -0.2) is 4.79 Å². The van der Waals surface area contributed by atoms with Crippen LogP contribution in [0.1, 0.15) is 52.4 Å². The van der Waals surface area contributed by atoms with E-state index in [-0.39, 0.29) is 17.1 Å². The van der Waals surface area contributed by atoms with Gasteiger partial charge in [0.25, 0.3) is 5.78 Å². The molecule has 3 saturated carbocycles. The summed E-state index contributed by atoms with van der Waals surface area (Å²) >= 11 is 0. The van der Waals surface area contributed by atoms with Crippen LogP contribution in [0.25, 0.3) is 0 Å². The van der Waals surface area contributed by atoms with Gasteiger partial charge in [0.2, 0.25) is 0 Å². The largest absolute Gasteiger partial charge is 0.475 e. The molecule has 4 rings (SSSR count). The Morgan fingerprint density at radius 1 is 1.20 bits per heavy atom. The zero-order valence-corrected chi connectivity index (χ0v) is 15.0. The number of carboxylic acids is 1. The molecule has 4 nitrogen and oxygen atoms in total. The van der Waals surface area contributed by atoms with Crippen LogP contribution in [-0.2, 0) is 14.4 Å². The molecule has 4 aliphatic carbocycles. The number of rotatable bonds is 2. The molecule has 25 heavy (non-hydrogen) atoms. The van der Waals surface area contributed by atoms with E-state index < -0.39 is 23.1 Å². The molecule has 4 aliphatic rings. The molecule has 4 heteroatoms. The number of Topliss-reactive ketones (excluding diaryl/α,β-unsaturated/α-hetero) is 2. The molecule has 0 unspecified atom stereocenters. The number of allylic oxidation sites excluding steroid dienone is 4. The van der Waals surface area contributed by atoms with Gasteiger partial charge in [-0.3, -0.25) is 9.59 Å². The first-order chi connectivity index (χ1) is 11.8.